The van der Waals surface area contributed by atoms with E-state index in [-0.39, 0.29) is 0 Å². The molecule has 8 rings (SSSR count). The molecule has 174 valence electrons. The lowest BCUT2D eigenvalue weighted by Crippen LogP contribution is -2.03. The molecule has 4 heteroatoms. The van der Waals surface area contributed by atoms with Gasteiger partial charge in [0.2, 0.25) is 5.95 Å². The predicted octanol–water partition coefficient (Wildman–Crippen LogP) is 9.07. The van der Waals surface area contributed by atoms with Crippen molar-refractivity contribution in [3.05, 3.63) is 115 Å². The molecule has 8 aromatic rings. The fourth-order valence-electron chi connectivity index (χ4n) is 5.58. The maximum Gasteiger partial charge on any atom is 0.235 e. The lowest BCUT2D eigenvalue weighted by molar-refractivity contribution is 1.02. The van der Waals surface area contributed by atoms with Gasteiger partial charge in [0.05, 0.1) is 26.9 Å². The van der Waals surface area contributed by atoms with E-state index in [4.69, 9.17) is 9.97 Å². The van der Waals surface area contributed by atoms with Gasteiger partial charge in [-0.2, -0.15) is 0 Å². The molecule has 0 radical (unpaired) electrons. The van der Waals surface area contributed by atoms with Crippen LogP contribution in [0.15, 0.2) is 109 Å². The van der Waals surface area contributed by atoms with Crippen LogP contribution in [0.25, 0.3) is 70.1 Å². The van der Waals surface area contributed by atoms with Crippen molar-refractivity contribution in [2.45, 2.75) is 6.92 Å². The highest BCUT2D eigenvalue weighted by atomic mass is 32.1. The van der Waals surface area contributed by atoms with E-state index in [1.54, 1.807) is 0 Å². The minimum atomic E-state index is 0.702. The second-order valence-electron chi connectivity index (χ2n) is 9.55. The SMILES string of the molecule is Cc1ccc2c(-c3ccccc3)nc(-n3c4ccccc4c4ccc5c6ccccc6sc5c43)nc2c1. The molecule has 0 unspecified atom stereocenters. The summed E-state index contributed by atoms with van der Waals surface area (Å²) in [6, 6.07) is 38.7. The summed E-state index contributed by atoms with van der Waals surface area (Å²) in [5, 5.41) is 6.07. The van der Waals surface area contributed by atoms with Crippen LogP contribution in [0.3, 0.4) is 0 Å². The van der Waals surface area contributed by atoms with Gasteiger partial charge in [-0.05, 0) is 30.7 Å². The van der Waals surface area contributed by atoms with Crippen molar-refractivity contribution >= 4 is 64.2 Å². The summed E-state index contributed by atoms with van der Waals surface area (Å²) in [4.78, 5) is 10.4. The average molecular weight is 492 g/mol. The van der Waals surface area contributed by atoms with Gasteiger partial charge in [0.1, 0.15) is 0 Å². The molecule has 5 aromatic carbocycles. The topological polar surface area (TPSA) is 30.7 Å². The summed E-state index contributed by atoms with van der Waals surface area (Å²) in [5.74, 6) is 0.702. The first-order valence-corrected chi connectivity index (χ1v) is 13.3. The van der Waals surface area contributed by atoms with E-state index < -0.39 is 0 Å². The molecule has 0 aliphatic heterocycles. The van der Waals surface area contributed by atoms with Crippen molar-refractivity contribution < 1.29 is 0 Å². The number of aromatic nitrogens is 3. The standard InChI is InChI=1S/C33H21N3S/c1-20-15-16-26-27(19-20)34-33(35-30(26)21-9-3-2-4-10-21)36-28-13-7-5-11-22(28)24-17-18-25-23-12-6-8-14-29(23)37-32(25)31(24)36/h2-19H,1H3. The third-order valence-corrected chi connectivity index (χ3v) is 8.46. The van der Waals surface area contributed by atoms with Crippen LogP contribution in [-0.4, -0.2) is 14.5 Å². The third kappa shape index (κ3) is 3.00. The predicted molar refractivity (Wildman–Crippen MR) is 157 cm³/mol. The number of thiophene rings is 1. The van der Waals surface area contributed by atoms with Crippen LogP contribution in [-0.2, 0) is 0 Å². The van der Waals surface area contributed by atoms with E-state index in [1.807, 2.05) is 17.4 Å². The van der Waals surface area contributed by atoms with E-state index in [9.17, 15) is 0 Å². The maximum atomic E-state index is 5.26. The van der Waals surface area contributed by atoms with Crippen molar-refractivity contribution in [3.8, 4) is 17.2 Å². The van der Waals surface area contributed by atoms with Crippen LogP contribution in [0.2, 0.25) is 0 Å². The van der Waals surface area contributed by atoms with Gasteiger partial charge in [-0.3, -0.25) is 4.57 Å². The van der Waals surface area contributed by atoms with E-state index in [0.29, 0.717) is 5.95 Å². The fourth-order valence-corrected chi connectivity index (χ4v) is 6.82. The van der Waals surface area contributed by atoms with Gasteiger partial charge < -0.3 is 0 Å². The number of hydrogen-bond acceptors (Lipinski definition) is 3. The molecule has 3 heterocycles. The number of nitrogens with zero attached hydrogens (tertiary/aromatic N) is 3. The second-order valence-corrected chi connectivity index (χ2v) is 10.6. The van der Waals surface area contributed by atoms with Gasteiger partial charge in [-0.1, -0.05) is 91.0 Å². The molecule has 0 aliphatic rings. The molecule has 3 aromatic heterocycles. The van der Waals surface area contributed by atoms with Crippen molar-refractivity contribution in [3.63, 3.8) is 0 Å². The Morgan fingerprint density at radius 3 is 2.24 bits per heavy atom. The summed E-state index contributed by atoms with van der Waals surface area (Å²) in [5.41, 5.74) is 6.48. The normalized spacial score (nSPS) is 11.9. The Balaban J connectivity index is 1.57. The smallest absolute Gasteiger partial charge is 0.235 e. The molecule has 0 amide bonds. The highest BCUT2D eigenvalue weighted by Gasteiger charge is 2.20. The largest absolute Gasteiger partial charge is 0.276 e. The van der Waals surface area contributed by atoms with Gasteiger partial charge in [0.25, 0.3) is 0 Å². The second kappa shape index (κ2) is 7.73. The lowest BCUT2D eigenvalue weighted by Gasteiger charge is -2.12. The van der Waals surface area contributed by atoms with Crippen LogP contribution >= 0.6 is 11.3 Å². The molecular weight excluding hydrogens is 470 g/mol. The Bertz CT molecular complexity index is 2150. The molecule has 0 fully saturated rings. The van der Waals surface area contributed by atoms with E-state index in [2.05, 4.69) is 115 Å². The Morgan fingerprint density at radius 2 is 1.35 bits per heavy atom. The highest BCUT2D eigenvalue weighted by molar-refractivity contribution is 7.26. The molecule has 0 saturated heterocycles. The molecule has 0 saturated carbocycles. The van der Waals surface area contributed by atoms with Crippen molar-refractivity contribution in [1.82, 2.24) is 14.5 Å². The van der Waals surface area contributed by atoms with Crippen LogP contribution in [0.5, 0.6) is 0 Å². The Morgan fingerprint density at radius 1 is 0.622 bits per heavy atom. The number of rotatable bonds is 2. The van der Waals surface area contributed by atoms with Gasteiger partial charge >= 0.3 is 0 Å². The fraction of sp³-hybridized carbons (Fsp3) is 0.0303. The number of hydrogen-bond donors (Lipinski definition) is 0. The average Bonchev–Trinajstić information content (AvgIpc) is 3.49. The van der Waals surface area contributed by atoms with Crippen LogP contribution in [0, 0.1) is 6.92 Å². The molecule has 0 spiro atoms. The quantitative estimate of drug-likeness (QED) is 0.241. The zero-order valence-corrected chi connectivity index (χ0v) is 21.0. The van der Waals surface area contributed by atoms with Crippen molar-refractivity contribution in [2.75, 3.05) is 0 Å². The van der Waals surface area contributed by atoms with E-state index in [0.717, 1.165) is 27.7 Å². The van der Waals surface area contributed by atoms with Gasteiger partial charge in [0, 0.05) is 37.2 Å². The Hall–Kier alpha value is -4.54. The van der Waals surface area contributed by atoms with Crippen LogP contribution in [0.1, 0.15) is 5.56 Å². The molecule has 3 nitrogen and oxygen atoms in total. The van der Waals surface area contributed by atoms with E-state index >= 15 is 0 Å². The number of para-hydroxylation sites is 1. The Labute approximate surface area is 217 Å². The third-order valence-electron chi connectivity index (χ3n) is 7.27. The zero-order chi connectivity index (χ0) is 24.5. The van der Waals surface area contributed by atoms with Gasteiger partial charge in [0.15, 0.2) is 0 Å². The number of fused-ring (bicyclic) bond motifs is 8. The van der Waals surface area contributed by atoms with Crippen LogP contribution < -0.4 is 0 Å². The summed E-state index contributed by atoms with van der Waals surface area (Å²) in [6.07, 6.45) is 0. The minimum Gasteiger partial charge on any atom is -0.276 e. The molecule has 0 atom stereocenters. The molecule has 0 bridgehead atoms. The first kappa shape index (κ1) is 20.6. The zero-order valence-electron chi connectivity index (χ0n) is 20.1. The first-order valence-electron chi connectivity index (χ1n) is 12.4. The van der Waals surface area contributed by atoms with Crippen molar-refractivity contribution in [1.29, 1.82) is 0 Å². The maximum absolute atomic E-state index is 5.26. The monoisotopic (exact) mass is 491 g/mol. The summed E-state index contributed by atoms with van der Waals surface area (Å²) < 4.78 is 4.84. The molecule has 37 heavy (non-hydrogen) atoms. The summed E-state index contributed by atoms with van der Waals surface area (Å²) >= 11 is 1.85. The number of aryl methyl sites for hydroxylation is 1. The first-order chi connectivity index (χ1) is 18.3. The highest BCUT2D eigenvalue weighted by Crippen LogP contribution is 2.42. The summed E-state index contributed by atoms with van der Waals surface area (Å²) in [7, 11) is 0. The van der Waals surface area contributed by atoms with Crippen LogP contribution in [0.4, 0.5) is 0 Å². The summed E-state index contributed by atoms with van der Waals surface area (Å²) in [6.45, 7) is 2.12. The number of benzene rings is 5. The van der Waals surface area contributed by atoms with Gasteiger partial charge in [-0.15, -0.1) is 11.3 Å². The molecule has 0 aliphatic carbocycles. The van der Waals surface area contributed by atoms with E-state index in [1.165, 1.54) is 42.0 Å². The molecule has 0 N–H and O–H groups in total. The molecular formula is C33H21N3S. The Kier molecular flexibility index (Phi) is 4.31. The van der Waals surface area contributed by atoms with Crippen molar-refractivity contribution in [2.24, 2.45) is 0 Å². The lowest BCUT2D eigenvalue weighted by atomic mass is 10.1. The van der Waals surface area contributed by atoms with Gasteiger partial charge in [-0.25, -0.2) is 9.97 Å². The minimum absolute atomic E-state index is 0.702.